The first-order valence-corrected chi connectivity index (χ1v) is 7.15. The molecule has 0 saturated carbocycles. The maximum atomic E-state index is 9.98. The fourth-order valence-corrected chi connectivity index (χ4v) is 2.12. The smallest absolute Gasteiger partial charge is 0.119 e. The van der Waals surface area contributed by atoms with Gasteiger partial charge in [0.25, 0.3) is 0 Å². The fraction of sp³-hybridized carbons (Fsp3) is 0.625. The Bertz CT molecular complexity index is 400. The van der Waals surface area contributed by atoms with Gasteiger partial charge in [-0.25, -0.2) is 0 Å². The summed E-state index contributed by atoms with van der Waals surface area (Å²) in [5.41, 5.74) is 1.15. The van der Waals surface area contributed by atoms with Gasteiger partial charge in [-0.2, -0.15) is 0 Å². The standard InChI is InChI=1S/C16H27NO4/c1-13(11-19-3)21-12-15(18)10-17(2)9-14-6-5-7-16(8-14)20-4/h5-8,13,15,18H,9-12H2,1-4H3. The molecule has 5 nitrogen and oxygen atoms in total. The lowest BCUT2D eigenvalue weighted by atomic mass is 10.2. The molecular formula is C16H27NO4. The van der Waals surface area contributed by atoms with Crippen molar-refractivity contribution in [2.45, 2.75) is 25.7 Å². The van der Waals surface area contributed by atoms with Crippen LogP contribution in [0.4, 0.5) is 0 Å². The molecule has 2 atom stereocenters. The molecule has 0 amide bonds. The number of hydrogen-bond donors (Lipinski definition) is 1. The molecule has 1 N–H and O–H groups in total. The summed E-state index contributed by atoms with van der Waals surface area (Å²) in [6, 6.07) is 7.93. The molecule has 0 spiro atoms. The van der Waals surface area contributed by atoms with E-state index >= 15 is 0 Å². The molecule has 0 aliphatic heterocycles. The Hall–Kier alpha value is -1.14. The number of nitrogens with zero attached hydrogens (tertiary/aromatic N) is 1. The normalized spacial score (nSPS) is 14.2. The van der Waals surface area contributed by atoms with E-state index in [9.17, 15) is 5.11 Å². The van der Waals surface area contributed by atoms with Crippen molar-refractivity contribution in [1.29, 1.82) is 0 Å². The monoisotopic (exact) mass is 297 g/mol. The van der Waals surface area contributed by atoms with Crippen LogP contribution in [0, 0.1) is 0 Å². The second-order valence-electron chi connectivity index (χ2n) is 5.30. The third-order valence-corrected chi connectivity index (χ3v) is 3.08. The topological polar surface area (TPSA) is 51.2 Å². The van der Waals surface area contributed by atoms with Crippen LogP contribution in [0.1, 0.15) is 12.5 Å². The minimum absolute atomic E-state index is 0.00617. The molecule has 0 aromatic heterocycles. The Morgan fingerprint density at radius 3 is 2.67 bits per heavy atom. The van der Waals surface area contributed by atoms with Gasteiger partial charge < -0.3 is 19.3 Å². The molecule has 120 valence electrons. The summed E-state index contributed by atoms with van der Waals surface area (Å²) >= 11 is 0. The average molecular weight is 297 g/mol. The van der Waals surface area contributed by atoms with Crippen LogP contribution in [0.15, 0.2) is 24.3 Å². The van der Waals surface area contributed by atoms with E-state index in [1.54, 1.807) is 14.2 Å². The number of ether oxygens (including phenoxy) is 3. The Morgan fingerprint density at radius 1 is 1.24 bits per heavy atom. The molecule has 0 radical (unpaired) electrons. The number of benzene rings is 1. The van der Waals surface area contributed by atoms with Crippen molar-refractivity contribution in [1.82, 2.24) is 4.90 Å². The predicted molar refractivity (Wildman–Crippen MR) is 82.6 cm³/mol. The fourth-order valence-electron chi connectivity index (χ4n) is 2.12. The first-order valence-electron chi connectivity index (χ1n) is 7.15. The van der Waals surface area contributed by atoms with Crippen molar-refractivity contribution in [2.24, 2.45) is 0 Å². The Labute approximate surface area is 127 Å². The van der Waals surface area contributed by atoms with Gasteiger partial charge in [0, 0.05) is 20.2 Å². The zero-order valence-electron chi connectivity index (χ0n) is 13.4. The highest BCUT2D eigenvalue weighted by Gasteiger charge is 2.11. The van der Waals surface area contributed by atoms with Crippen molar-refractivity contribution < 1.29 is 19.3 Å². The maximum Gasteiger partial charge on any atom is 0.119 e. The van der Waals surface area contributed by atoms with Gasteiger partial charge in [-0.3, -0.25) is 4.90 Å². The van der Waals surface area contributed by atoms with Gasteiger partial charge in [0.05, 0.1) is 32.5 Å². The highest BCUT2D eigenvalue weighted by Crippen LogP contribution is 2.13. The van der Waals surface area contributed by atoms with E-state index in [2.05, 4.69) is 4.90 Å². The van der Waals surface area contributed by atoms with Crippen molar-refractivity contribution >= 4 is 0 Å². The van der Waals surface area contributed by atoms with E-state index in [0.717, 1.165) is 17.9 Å². The molecule has 0 aliphatic carbocycles. The van der Waals surface area contributed by atoms with Crippen molar-refractivity contribution in [3.05, 3.63) is 29.8 Å². The Balaban J connectivity index is 2.33. The van der Waals surface area contributed by atoms with E-state index in [4.69, 9.17) is 14.2 Å². The van der Waals surface area contributed by atoms with Gasteiger partial charge in [0.15, 0.2) is 0 Å². The molecule has 0 bridgehead atoms. The van der Waals surface area contributed by atoms with Gasteiger partial charge in [-0.1, -0.05) is 12.1 Å². The molecule has 0 aliphatic rings. The van der Waals surface area contributed by atoms with Crippen molar-refractivity contribution in [3.63, 3.8) is 0 Å². The molecule has 0 heterocycles. The van der Waals surface area contributed by atoms with Crippen LogP contribution < -0.4 is 4.74 Å². The van der Waals surface area contributed by atoms with Gasteiger partial charge in [0.2, 0.25) is 0 Å². The lowest BCUT2D eigenvalue weighted by molar-refractivity contribution is -0.0385. The molecule has 0 fully saturated rings. The van der Waals surface area contributed by atoms with E-state index in [-0.39, 0.29) is 6.10 Å². The highest BCUT2D eigenvalue weighted by atomic mass is 16.5. The molecular weight excluding hydrogens is 270 g/mol. The molecule has 5 heteroatoms. The van der Waals surface area contributed by atoms with Crippen molar-refractivity contribution in [2.75, 3.05) is 41.0 Å². The first kappa shape index (κ1) is 17.9. The van der Waals surface area contributed by atoms with Crippen LogP contribution in [-0.2, 0) is 16.0 Å². The molecule has 2 unspecified atom stereocenters. The molecule has 1 rings (SSSR count). The number of rotatable bonds is 10. The van der Waals surface area contributed by atoms with E-state index < -0.39 is 6.10 Å². The molecule has 21 heavy (non-hydrogen) atoms. The van der Waals surface area contributed by atoms with Crippen molar-refractivity contribution in [3.8, 4) is 5.75 Å². The number of hydrogen-bond acceptors (Lipinski definition) is 5. The Morgan fingerprint density at radius 2 is 2.00 bits per heavy atom. The summed E-state index contributed by atoms with van der Waals surface area (Å²) in [5, 5.41) is 9.98. The van der Waals surface area contributed by atoms with E-state index in [1.807, 2.05) is 38.2 Å². The van der Waals surface area contributed by atoms with E-state index in [0.29, 0.717) is 19.8 Å². The van der Waals surface area contributed by atoms with Gasteiger partial charge >= 0.3 is 0 Å². The third kappa shape index (κ3) is 7.43. The molecule has 0 saturated heterocycles. The van der Waals surface area contributed by atoms with Gasteiger partial charge in [0.1, 0.15) is 5.75 Å². The van der Waals surface area contributed by atoms with Crippen LogP contribution in [0.25, 0.3) is 0 Å². The SMILES string of the molecule is COCC(C)OCC(O)CN(C)Cc1cccc(OC)c1. The zero-order valence-corrected chi connectivity index (χ0v) is 13.4. The lowest BCUT2D eigenvalue weighted by Gasteiger charge is -2.22. The quantitative estimate of drug-likeness (QED) is 0.710. The molecule has 1 aromatic rings. The Kier molecular flexibility index (Phi) is 8.30. The summed E-state index contributed by atoms with van der Waals surface area (Å²) in [6.45, 7) is 4.08. The maximum absolute atomic E-state index is 9.98. The highest BCUT2D eigenvalue weighted by molar-refractivity contribution is 5.28. The second kappa shape index (κ2) is 9.73. The van der Waals surface area contributed by atoms with Crippen LogP contribution in [0.3, 0.4) is 0 Å². The second-order valence-corrected chi connectivity index (χ2v) is 5.30. The number of methoxy groups -OCH3 is 2. The van der Waals surface area contributed by atoms with Crippen LogP contribution in [0.5, 0.6) is 5.75 Å². The predicted octanol–water partition coefficient (Wildman–Crippen LogP) is 1.54. The number of likely N-dealkylation sites (N-methyl/N-ethyl adjacent to an activating group) is 1. The third-order valence-electron chi connectivity index (χ3n) is 3.08. The minimum atomic E-state index is -0.514. The average Bonchev–Trinajstić information content (AvgIpc) is 2.45. The van der Waals surface area contributed by atoms with Crippen LogP contribution in [-0.4, -0.2) is 63.2 Å². The first-order chi connectivity index (χ1) is 10.0. The number of aliphatic hydroxyl groups excluding tert-OH is 1. The van der Waals surface area contributed by atoms with Gasteiger partial charge in [-0.05, 0) is 31.7 Å². The summed E-state index contributed by atoms with van der Waals surface area (Å²) in [6.07, 6.45) is -0.520. The summed E-state index contributed by atoms with van der Waals surface area (Å²) in [4.78, 5) is 2.06. The van der Waals surface area contributed by atoms with Gasteiger partial charge in [-0.15, -0.1) is 0 Å². The summed E-state index contributed by atoms with van der Waals surface area (Å²) < 4.78 is 15.7. The molecule has 1 aromatic carbocycles. The lowest BCUT2D eigenvalue weighted by Crippen LogP contribution is -2.33. The van der Waals surface area contributed by atoms with Crippen LogP contribution in [0.2, 0.25) is 0 Å². The van der Waals surface area contributed by atoms with E-state index in [1.165, 1.54) is 0 Å². The minimum Gasteiger partial charge on any atom is -0.497 e. The van der Waals surface area contributed by atoms with Crippen LogP contribution >= 0.6 is 0 Å². The summed E-state index contributed by atoms with van der Waals surface area (Å²) in [5.74, 6) is 0.846. The number of aliphatic hydroxyl groups is 1. The zero-order chi connectivity index (χ0) is 15.7. The summed E-state index contributed by atoms with van der Waals surface area (Å²) in [7, 11) is 5.27. The largest absolute Gasteiger partial charge is 0.497 e.